The average Bonchev–Trinajstić information content (AvgIpc) is 2.62. The Balaban J connectivity index is 1.92. The van der Waals surface area contributed by atoms with Gasteiger partial charge in [-0.1, -0.05) is 12.1 Å². The number of non-ortho nitro benzene ring substituents is 1. The van der Waals surface area contributed by atoms with Crippen molar-refractivity contribution in [3.63, 3.8) is 0 Å². The molecule has 126 valence electrons. The van der Waals surface area contributed by atoms with Crippen LogP contribution in [0.15, 0.2) is 54.7 Å². The highest BCUT2D eigenvalue weighted by Gasteiger charge is 2.18. The maximum atomic E-state index is 12.6. The van der Waals surface area contributed by atoms with Gasteiger partial charge in [0.1, 0.15) is 0 Å². The number of nitro groups is 1. The number of amides is 1. The maximum absolute atomic E-state index is 12.6. The van der Waals surface area contributed by atoms with Crippen LogP contribution in [0.4, 0.5) is 11.4 Å². The largest absolute Gasteiger partial charge is 0.396 e. The van der Waals surface area contributed by atoms with Gasteiger partial charge < -0.3 is 10.4 Å². The van der Waals surface area contributed by atoms with Crippen LogP contribution in [0, 0.1) is 10.1 Å². The van der Waals surface area contributed by atoms with E-state index in [1.807, 2.05) is 12.1 Å². The van der Waals surface area contributed by atoms with E-state index in [1.54, 1.807) is 24.3 Å². The van der Waals surface area contributed by atoms with Crippen LogP contribution < -0.4 is 5.32 Å². The van der Waals surface area contributed by atoms with Crippen LogP contribution in [0.1, 0.15) is 15.9 Å². The molecule has 0 unspecified atom stereocenters. The molecule has 0 atom stereocenters. The predicted molar refractivity (Wildman–Crippen MR) is 93.6 cm³/mol. The van der Waals surface area contributed by atoms with Gasteiger partial charge in [0.25, 0.3) is 11.6 Å². The molecule has 0 bridgehead atoms. The number of nitro benzene ring substituents is 1. The van der Waals surface area contributed by atoms with E-state index in [0.29, 0.717) is 17.5 Å². The molecule has 3 rings (SSSR count). The highest BCUT2D eigenvalue weighted by Crippen LogP contribution is 2.27. The fourth-order valence-electron chi connectivity index (χ4n) is 2.58. The van der Waals surface area contributed by atoms with Gasteiger partial charge in [-0.3, -0.25) is 19.9 Å². The van der Waals surface area contributed by atoms with E-state index < -0.39 is 10.8 Å². The van der Waals surface area contributed by atoms with Gasteiger partial charge >= 0.3 is 0 Å². The SMILES string of the molecule is O=C(Nc1ccc(CCO)cc1)c1ccc([N+](=O)[O-])c2cccnc12. The first-order valence-electron chi connectivity index (χ1n) is 7.63. The number of carbonyl (C=O) groups is 1. The number of rotatable bonds is 5. The van der Waals surface area contributed by atoms with Crippen LogP contribution in [-0.2, 0) is 6.42 Å². The Bertz CT molecular complexity index is 939. The highest BCUT2D eigenvalue weighted by molar-refractivity contribution is 6.13. The average molecular weight is 337 g/mol. The molecule has 0 spiro atoms. The lowest BCUT2D eigenvalue weighted by molar-refractivity contribution is -0.383. The minimum absolute atomic E-state index is 0.0617. The van der Waals surface area contributed by atoms with Crippen molar-refractivity contribution in [3.8, 4) is 0 Å². The molecular formula is C18H15N3O4. The number of aliphatic hydroxyl groups is 1. The van der Waals surface area contributed by atoms with Crippen molar-refractivity contribution in [2.75, 3.05) is 11.9 Å². The number of aliphatic hydroxyl groups excluding tert-OH is 1. The van der Waals surface area contributed by atoms with Crippen molar-refractivity contribution >= 4 is 28.2 Å². The third-order valence-corrected chi connectivity index (χ3v) is 3.80. The number of nitrogens with zero attached hydrogens (tertiary/aromatic N) is 2. The Morgan fingerprint density at radius 3 is 2.60 bits per heavy atom. The van der Waals surface area contributed by atoms with Crippen molar-refractivity contribution in [1.29, 1.82) is 0 Å². The van der Waals surface area contributed by atoms with Crippen LogP contribution in [0.2, 0.25) is 0 Å². The summed E-state index contributed by atoms with van der Waals surface area (Å²) in [6.45, 7) is 0.0617. The van der Waals surface area contributed by atoms with Gasteiger partial charge in [-0.05, 0) is 42.3 Å². The lowest BCUT2D eigenvalue weighted by Gasteiger charge is -2.08. The summed E-state index contributed by atoms with van der Waals surface area (Å²) < 4.78 is 0. The molecule has 0 radical (unpaired) electrons. The topological polar surface area (TPSA) is 105 Å². The molecule has 0 saturated heterocycles. The standard InChI is InChI=1S/C18H15N3O4/c22-11-9-12-3-5-13(6-4-12)20-18(23)15-7-8-16(21(24)25)14-2-1-10-19-17(14)15/h1-8,10,22H,9,11H2,(H,20,23). The molecule has 25 heavy (non-hydrogen) atoms. The minimum Gasteiger partial charge on any atom is -0.396 e. The molecule has 2 aromatic carbocycles. The zero-order chi connectivity index (χ0) is 17.8. The molecule has 1 heterocycles. The molecule has 7 nitrogen and oxygen atoms in total. The predicted octanol–water partition coefficient (Wildman–Crippen LogP) is 2.93. The van der Waals surface area contributed by atoms with Crippen molar-refractivity contribution in [2.24, 2.45) is 0 Å². The molecule has 0 aliphatic heterocycles. The van der Waals surface area contributed by atoms with E-state index in [0.717, 1.165) is 5.56 Å². The summed E-state index contributed by atoms with van der Waals surface area (Å²) in [6, 6.07) is 13.0. The summed E-state index contributed by atoms with van der Waals surface area (Å²) >= 11 is 0. The summed E-state index contributed by atoms with van der Waals surface area (Å²) in [5.74, 6) is -0.395. The fourth-order valence-corrected chi connectivity index (χ4v) is 2.58. The van der Waals surface area contributed by atoms with Crippen LogP contribution >= 0.6 is 0 Å². The number of anilines is 1. The molecular weight excluding hydrogens is 322 g/mol. The van der Waals surface area contributed by atoms with E-state index >= 15 is 0 Å². The lowest BCUT2D eigenvalue weighted by atomic mass is 10.1. The Morgan fingerprint density at radius 1 is 1.16 bits per heavy atom. The zero-order valence-corrected chi connectivity index (χ0v) is 13.2. The number of nitrogens with one attached hydrogen (secondary N) is 1. The van der Waals surface area contributed by atoms with Crippen molar-refractivity contribution in [2.45, 2.75) is 6.42 Å². The number of pyridine rings is 1. The summed E-state index contributed by atoms with van der Waals surface area (Å²) in [6.07, 6.45) is 2.04. The number of benzene rings is 2. The molecule has 3 aromatic rings. The maximum Gasteiger partial charge on any atom is 0.278 e. The molecule has 0 aliphatic carbocycles. The van der Waals surface area contributed by atoms with E-state index in [9.17, 15) is 14.9 Å². The van der Waals surface area contributed by atoms with E-state index in [-0.39, 0.29) is 23.4 Å². The van der Waals surface area contributed by atoms with Gasteiger partial charge in [0, 0.05) is 24.6 Å². The molecule has 1 amide bonds. The van der Waals surface area contributed by atoms with Gasteiger partial charge in [-0.2, -0.15) is 0 Å². The van der Waals surface area contributed by atoms with Crippen LogP contribution in [0.5, 0.6) is 0 Å². The number of hydrogen-bond donors (Lipinski definition) is 2. The second-order valence-corrected chi connectivity index (χ2v) is 5.41. The Labute approximate surface area is 143 Å². The van der Waals surface area contributed by atoms with E-state index in [4.69, 9.17) is 5.11 Å². The van der Waals surface area contributed by atoms with Crippen molar-refractivity contribution in [1.82, 2.24) is 4.98 Å². The zero-order valence-electron chi connectivity index (χ0n) is 13.2. The normalized spacial score (nSPS) is 10.6. The van der Waals surface area contributed by atoms with Crippen molar-refractivity contribution in [3.05, 3.63) is 76.0 Å². The minimum atomic E-state index is -0.494. The van der Waals surface area contributed by atoms with Gasteiger partial charge in [-0.15, -0.1) is 0 Å². The third kappa shape index (κ3) is 3.46. The Kier molecular flexibility index (Phi) is 4.67. The van der Waals surface area contributed by atoms with E-state index in [2.05, 4.69) is 10.3 Å². The molecule has 0 saturated carbocycles. The lowest BCUT2D eigenvalue weighted by Crippen LogP contribution is -2.13. The van der Waals surface area contributed by atoms with Gasteiger partial charge in [0.2, 0.25) is 0 Å². The van der Waals surface area contributed by atoms with Gasteiger partial charge in [-0.25, -0.2) is 0 Å². The highest BCUT2D eigenvalue weighted by atomic mass is 16.6. The van der Waals surface area contributed by atoms with Crippen LogP contribution in [-0.4, -0.2) is 27.5 Å². The first-order chi connectivity index (χ1) is 12.1. The summed E-state index contributed by atoms with van der Waals surface area (Å²) in [5.41, 5.74) is 2.01. The smallest absolute Gasteiger partial charge is 0.278 e. The first kappa shape index (κ1) is 16.5. The summed E-state index contributed by atoms with van der Waals surface area (Å²) in [5, 5.41) is 23.1. The third-order valence-electron chi connectivity index (χ3n) is 3.80. The van der Waals surface area contributed by atoms with Crippen LogP contribution in [0.25, 0.3) is 10.9 Å². The number of hydrogen-bond acceptors (Lipinski definition) is 5. The van der Waals surface area contributed by atoms with Crippen LogP contribution in [0.3, 0.4) is 0 Å². The quantitative estimate of drug-likeness (QED) is 0.550. The number of carbonyl (C=O) groups excluding carboxylic acids is 1. The second kappa shape index (κ2) is 7.06. The number of fused-ring (bicyclic) bond motifs is 1. The molecule has 7 heteroatoms. The molecule has 0 aliphatic rings. The first-order valence-corrected chi connectivity index (χ1v) is 7.63. The second-order valence-electron chi connectivity index (χ2n) is 5.41. The molecule has 0 fully saturated rings. The monoisotopic (exact) mass is 337 g/mol. The summed E-state index contributed by atoms with van der Waals surface area (Å²) in [4.78, 5) is 27.3. The Hall–Kier alpha value is -3.32. The van der Waals surface area contributed by atoms with Crippen molar-refractivity contribution < 1.29 is 14.8 Å². The fraction of sp³-hybridized carbons (Fsp3) is 0.111. The number of aromatic nitrogens is 1. The van der Waals surface area contributed by atoms with Gasteiger partial charge in [0.05, 0.1) is 21.4 Å². The summed E-state index contributed by atoms with van der Waals surface area (Å²) in [7, 11) is 0. The van der Waals surface area contributed by atoms with E-state index in [1.165, 1.54) is 18.3 Å². The Morgan fingerprint density at radius 2 is 1.92 bits per heavy atom. The molecule has 1 aromatic heterocycles. The molecule has 2 N–H and O–H groups in total. The van der Waals surface area contributed by atoms with Gasteiger partial charge in [0.15, 0.2) is 0 Å².